The standard InChI is InChI=1S/C18H31NO/c1-14(2)18(4,5)13-19-15(3)7-8-16-9-11-17(20-6)12-10-16/h9-12,14-15,19H,7-8,13H2,1-6H3. The summed E-state index contributed by atoms with van der Waals surface area (Å²) >= 11 is 0. The zero-order chi connectivity index (χ0) is 15.2. The van der Waals surface area contributed by atoms with E-state index in [9.17, 15) is 0 Å². The summed E-state index contributed by atoms with van der Waals surface area (Å²) in [6.45, 7) is 12.6. The van der Waals surface area contributed by atoms with Gasteiger partial charge in [-0.15, -0.1) is 0 Å². The highest BCUT2D eigenvalue weighted by molar-refractivity contribution is 5.27. The lowest BCUT2D eigenvalue weighted by Crippen LogP contribution is -2.38. The topological polar surface area (TPSA) is 21.3 Å². The number of aryl methyl sites for hydroxylation is 1. The van der Waals surface area contributed by atoms with Crippen LogP contribution in [0.1, 0.15) is 46.6 Å². The Bertz CT molecular complexity index is 381. The van der Waals surface area contributed by atoms with Gasteiger partial charge in [0.1, 0.15) is 5.75 Å². The third kappa shape index (κ3) is 5.54. The SMILES string of the molecule is COc1ccc(CCC(C)NCC(C)(C)C(C)C)cc1. The Hall–Kier alpha value is -1.02. The molecule has 1 N–H and O–H groups in total. The molecule has 0 aliphatic rings. The first-order valence-electron chi connectivity index (χ1n) is 7.71. The monoisotopic (exact) mass is 277 g/mol. The molecule has 1 rings (SSSR count). The molecule has 0 aromatic heterocycles. The number of benzene rings is 1. The molecule has 2 heteroatoms. The Morgan fingerprint density at radius 2 is 1.70 bits per heavy atom. The van der Waals surface area contributed by atoms with E-state index in [2.05, 4.69) is 52.1 Å². The van der Waals surface area contributed by atoms with Crippen LogP contribution in [0.4, 0.5) is 0 Å². The molecule has 0 radical (unpaired) electrons. The Labute approximate surface area is 124 Å². The maximum Gasteiger partial charge on any atom is 0.118 e. The van der Waals surface area contributed by atoms with E-state index in [1.807, 2.05) is 12.1 Å². The molecule has 20 heavy (non-hydrogen) atoms. The summed E-state index contributed by atoms with van der Waals surface area (Å²) in [5.41, 5.74) is 1.73. The summed E-state index contributed by atoms with van der Waals surface area (Å²) in [7, 11) is 1.71. The molecular formula is C18H31NO. The molecule has 2 nitrogen and oxygen atoms in total. The second-order valence-electron chi connectivity index (χ2n) is 6.81. The molecule has 1 aromatic carbocycles. The van der Waals surface area contributed by atoms with Crippen molar-refractivity contribution in [3.8, 4) is 5.75 Å². The summed E-state index contributed by atoms with van der Waals surface area (Å²) in [5, 5.41) is 3.67. The van der Waals surface area contributed by atoms with E-state index >= 15 is 0 Å². The zero-order valence-corrected chi connectivity index (χ0v) is 14.0. The van der Waals surface area contributed by atoms with Gasteiger partial charge in [0.2, 0.25) is 0 Å². The van der Waals surface area contributed by atoms with Crippen LogP contribution in [0.5, 0.6) is 5.75 Å². The third-order valence-corrected chi connectivity index (χ3v) is 4.49. The summed E-state index contributed by atoms with van der Waals surface area (Å²) in [5.74, 6) is 1.63. The maximum atomic E-state index is 5.18. The van der Waals surface area contributed by atoms with Crippen LogP contribution >= 0.6 is 0 Å². The van der Waals surface area contributed by atoms with E-state index in [0.717, 1.165) is 18.7 Å². The van der Waals surface area contributed by atoms with Gasteiger partial charge in [-0.25, -0.2) is 0 Å². The number of ether oxygens (including phenoxy) is 1. The summed E-state index contributed by atoms with van der Waals surface area (Å²) in [6.07, 6.45) is 2.28. The van der Waals surface area contributed by atoms with Gasteiger partial charge in [0.05, 0.1) is 7.11 Å². The minimum atomic E-state index is 0.356. The molecule has 114 valence electrons. The third-order valence-electron chi connectivity index (χ3n) is 4.49. The molecule has 0 aliphatic carbocycles. The highest BCUT2D eigenvalue weighted by atomic mass is 16.5. The van der Waals surface area contributed by atoms with Crippen molar-refractivity contribution in [2.24, 2.45) is 11.3 Å². The predicted octanol–water partition coefficient (Wildman–Crippen LogP) is 4.29. The van der Waals surface area contributed by atoms with Gasteiger partial charge in [-0.3, -0.25) is 0 Å². The van der Waals surface area contributed by atoms with Gasteiger partial charge in [-0.1, -0.05) is 39.8 Å². The fourth-order valence-electron chi connectivity index (χ4n) is 1.92. The summed E-state index contributed by atoms with van der Waals surface area (Å²) < 4.78 is 5.18. The molecule has 0 saturated heterocycles. The lowest BCUT2D eigenvalue weighted by molar-refractivity contribution is 0.228. The first-order chi connectivity index (χ1) is 9.35. The van der Waals surface area contributed by atoms with Gasteiger partial charge < -0.3 is 10.1 Å². The average Bonchev–Trinajstić information content (AvgIpc) is 2.43. The van der Waals surface area contributed by atoms with Crippen LogP contribution in [0.2, 0.25) is 0 Å². The molecule has 1 unspecified atom stereocenters. The minimum absolute atomic E-state index is 0.356. The molecular weight excluding hydrogens is 246 g/mol. The van der Waals surface area contributed by atoms with E-state index in [-0.39, 0.29) is 0 Å². The Morgan fingerprint density at radius 3 is 2.20 bits per heavy atom. The molecule has 0 spiro atoms. The van der Waals surface area contributed by atoms with Crippen LogP contribution in [-0.4, -0.2) is 19.7 Å². The fourth-order valence-corrected chi connectivity index (χ4v) is 1.92. The van der Waals surface area contributed by atoms with Crippen LogP contribution in [0.3, 0.4) is 0 Å². The van der Waals surface area contributed by atoms with Crippen molar-refractivity contribution in [1.82, 2.24) is 5.32 Å². The quantitative estimate of drug-likeness (QED) is 0.765. The zero-order valence-electron chi connectivity index (χ0n) is 14.0. The number of hydrogen-bond donors (Lipinski definition) is 1. The van der Waals surface area contributed by atoms with E-state index in [0.29, 0.717) is 17.4 Å². The number of rotatable bonds is 8. The molecule has 0 bridgehead atoms. The lowest BCUT2D eigenvalue weighted by Gasteiger charge is -2.31. The maximum absolute atomic E-state index is 5.18. The van der Waals surface area contributed by atoms with Crippen molar-refractivity contribution >= 4 is 0 Å². The van der Waals surface area contributed by atoms with E-state index in [1.54, 1.807) is 7.11 Å². The van der Waals surface area contributed by atoms with Gasteiger partial charge in [0, 0.05) is 12.6 Å². The van der Waals surface area contributed by atoms with Crippen molar-refractivity contribution in [1.29, 1.82) is 0 Å². The second kappa shape index (κ2) is 7.68. The number of nitrogens with one attached hydrogen (secondary N) is 1. The van der Waals surface area contributed by atoms with E-state index in [1.165, 1.54) is 12.0 Å². The highest BCUT2D eigenvalue weighted by Crippen LogP contribution is 2.25. The Balaban J connectivity index is 2.34. The highest BCUT2D eigenvalue weighted by Gasteiger charge is 2.22. The normalized spacial score (nSPS) is 13.6. The predicted molar refractivity (Wildman–Crippen MR) is 87.4 cm³/mol. The Morgan fingerprint density at radius 1 is 1.10 bits per heavy atom. The number of methoxy groups -OCH3 is 1. The Kier molecular flexibility index (Phi) is 6.54. The largest absolute Gasteiger partial charge is 0.497 e. The van der Waals surface area contributed by atoms with Crippen molar-refractivity contribution < 1.29 is 4.74 Å². The molecule has 1 atom stereocenters. The van der Waals surface area contributed by atoms with E-state index in [4.69, 9.17) is 4.74 Å². The van der Waals surface area contributed by atoms with Gasteiger partial charge in [-0.05, 0) is 48.8 Å². The lowest BCUT2D eigenvalue weighted by atomic mass is 9.81. The molecule has 0 saturated carbocycles. The van der Waals surface area contributed by atoms with Crippen LogP contribution < -0.4 is 10.1 Å². The summed E-state index contributed by atoms with van der Waals surface area (Å²) in [6, 6.07) is 8.94. The molecule has 0 heterocycles. The van der Waals surface area contributed by atoms with Crippen molar-refractivity contribution in [3.63, 3.8) is 0 Å². The van der Waals surface area contributed by atoms with E-state index < -0.39 is 0 Å². The van der Waals surface area contributed by atoms with Gasteiger partial charge in [-0.2, -0.15) is 0 Å². The second-order valence-corrected chi connectivity index (χ2v) is 6.81. The first kappa shape index (κ1) is 17.0. The smallest absolute Gasteiger partial charge is 0.118 e. The molecule has 0 aliphatic heterocycles. The van der Waals surface area contributed by atoms with Gasteiger partial charge in [0.15, 0.2) is 0 Å². The average molecular weight is 277 g/mol. The van der Waals surface area contributed by atoms with Gasteiger partial charge in [0.25, 0.3) is 0 Å². The summed E-state index contributed by atoms with van der Waals surface area (Å²) in [4.78, 5) is 0. The molecule has 0 amide bonds. The number of hydrogen-bond acceptors (Lipinski definition) is 2. The van der Waals surface area contributed by atoms with Crippen LogP contribution in [0, 0.1) is 11.3 Å². The first-order valence-corrected chi connectivity index (χ1v) is 7.71. The molecule has 0 fully saturated rings. The van der Waals surface area contributed by atoms with Crippen molar-refractivity contribution in [2.75, 3.05) is 13.7 Å². The van der Waals surface area contributed by atoms with Gasteiger partial charge >= 0.3 is 0 Å². The van der Waals surface area contributed by atoms with Crippen LogP contribution in [0.15, 0.2) is 24.3 Å². The van der Waals surface area contributed by atoms with Crippen molar-refractivity contribution in [3.05, 3.63) is 29.8 Å². The minimum Gasteiger partial charge on any atom is -0.497 e. The van der Waals surface area contributed by atoms with Crippen LogP contribution in [0.25, 0.3) is 0 Å². The van der Waals surface area contributed by atoms with Crippen molar-refractivity contribution in [2.45, 2.75) is 53.5 Å². The molecule has 1 aromatic rings. The van der Waals surface area contributed by atoms with Crippen LogP contribution in [-0.2, 0) is 6.42 Å². The fraction of sp³-hybridized carbons (Fsp3) is 0.667.